The molecule has 0 aromatic heterocycles. The van der Waals surface area contributed by atoms with Crippen molar-refractivity contribution in [2.75, 3.05) is 22.7 Å². The Morgan fingerprint density at radius 2 is 1.69 bits per heavy atom. The molecule has 0 aliphatic carbocycles. The van der Waals surface area contributed by atoms with Crippen molar-refractivity contribution in [2.24, 2.45) is 0 Å². The van der Waals surface area contributed by atoms with Gasteiger partial charge in [0, 0.05) is 33.3 Å². The summed E-state index contributed by atoms with van der Waals surface area (Å²) in [6.07, 6.45) is -3.07. The first-order valence-electron chi connectivity index (χ1n) is 9.56. The number of hydrogen-bond donors (Lipinski definition) is 0. The van der Waals surface area contributed by atoms with E-state index in [1.807, 2.05) is 0 Å². The molecule has 0 spiro atoms. The number of nitrogens with zero attached hydrogens (tertiary/aromatic N) is 2. The Bertz CT molecular complexity index is 1240. The molecule has 3 aromatic carbocycles. The molecule has 4 rings (SSSR count). The summed E-state index contributed by atoms with van der Waals surface area (Å²) in [7, 11) is -1.28. The van der Waals surface area contributed by atoms with Gasteiger partial charge in [-0.1, -0.05) is 6.07 Å². The van der Waals surface area contributed by atoms with Crippen molar-refractivity contribution >= 4 is 33.8 Å². The van der Waals surface area contributed by atoms with E-state index in [-0.39, 0.29) is 17.9 Å². The highest BCUT2D eigenvalue weighted by atomic mass is 32.2. The topological polar surface area (TPSA) is 40.6 Å². The van der Waals surface area contributed by atoms with E-state index in [1.54, 1.807) is 36.1 Å². The van der Waals surface area contributed by atoms with E-state index < -0.39 is 34.3 Å². The normalized spacial score (nSPS) is 15.0. The third kappa shape index (κ3) is 4.00. The van der Waals surface area contributed by atoms with Gasteiger partial charge in [0.15, 0.2) is 0 Å². The van der Waals surface area contributed by atoms with E-state index in [1.165, 1.54) is 29.4 Å². The third-order valence-corrected chi connectivity index (χ3v) is 6.20. The molecule has 1 aliphatic rings. The second-order valence-electron chi connectivity index (χ2n) is 7.41. The average molecular weight is 462 g/mol. The van der Waals surface area contributed by atoms with Crippen LogP contribution in [0.4, 0.5) is 34.6 Å². The van der Waals surface area contributed by atoms with E-state index in [0.717, 1.165) is 18.2 Å². The van der Waals surface area contributed by atoms with E-state index in [9.17, 15) is 26.6 Å². The van der Waals surface area contributed by atoms with Gasteiger partial charge in [-0.2, -0.15) is 13.2 Å². The molecule has 1 aliphatic heterocycles. The molecule has 32 heavy (non-hydrogen) atoms. The maximum Gasteiger partial charge on any atom is 0.416 e. The van der Waals surface area contributed by atoms with Crippen molar-refractivity contribution in [1.29, 1.82) is 0 Å². The smallest absolute Gasteiger partial charge is 0.322 e. The van der Waals surface area contributed by atoms with Gasteiger partial charge in [-0.3, -0.25) is 13.9 Å². The van der Waals surface area contributed by atoms with Crippen LogP contribution in [-0.2, 0) is 17.0 Å². The number of alkyl halides is 3. The van der Waals surface area contributed by atoms with Crippen LogP contribution in [0, 0.1) is 12.7 Å². The molecule has 0 N–H and O–H groups in total. The van der Waals surface area contributed by atoms with Crippen molar-refractivity contribution in [2.45, 2.75) is 18.0 Å². The Morgan fingerprint density at radius 1 is 0.938 bits per heavy atom. The van der Waals surface area contributed by atoms with Gasteiger partial charge < -0.3 is 4.90 Å². The largest absolute Gasteiger partial charge is 0.416 e. The first-order valence-corrected chi connectivity index (χ1v) is 11.1. The van der Waals surface area contributed by atoms with Crippen molar-refractivity contribution in [1.82, 2.24) is 0 Å². The summed E-state index contributed by atoms with van der Waals surface area (Å²) in [5.74, 6) is -0.956. The summed E-state index contributed by atoms with van der Waals surface area (Å²) < 4.78 is 65.8. The summed E-state index contributed by atoms with van der Waals surface area (Å²) in [6.45, 7) is 1.55. The predicted molar refractivity (Wildman–Crippen MR) is 115 cm³/mol. The number of amides is 1. The Labute approximate surface area is 184 Å². The number of rotatable bonds is 3. The van der Waals surface area contributed by atoms with Gasteiger partial charge in [0.25, 0.3) is 5.91 Å². The highest BCUT2D eigenvalue weighted by Gasteiger charge is 2.36. The Morgan fingerprint density at radius 3 is 2.34 bits per heavy atom. The molecule has 166 valence electrons. The van der Waals surface area contributed by atoms with Crippen molar-refractivity contribution in [3.63, 3.8) is 0 Å². The lowest BCUT2D eigenvalue weighted by atomic mass is 10.0. The minimum atomic E-state index is -4.59. The Kier molecular flexibility index (Phi) is 5.54. The average Bonchev–Trinajstić information content (AvgIpc) is 2.74. The predicted octanol–water partition coefficient (Wildman–Crippen LogP) is 5.65. The number of hydrogen-bond acceptors (Lipinski definition) is 3. The maximum absolute atomic E-state index is 13.7. The van der Waals surface area contributed by atoms with Gasteiger partial charge in [-0.05, 0) is 67.1 Å². The SMILES string of the molecule is Cc1cc(F)ccc1N1CN(c2cccc(S(C)=O)c2)C(=O)c2ccc(C(F)(F)F)cc21. The molecule has 1 amide bonds. The summed E-state index contributed by atoms with van der Waals surface area (Å²) >= 11 is 0. The van der Waals surface area contributed by atoms with E-state index in [4.69, 9.17) is 0 Å². The first-order chi connectivity index (χ1) is 15.1. The number of aryl methyl sites for hydroxylation is 1. The number of benzene rings is 3. The molecule has 9 heteroatoms. The zero-order valence-corrected chi connectivity index (χ0v) is 17.9. The summed E-state index contributed by atoms with van der Waals surface area (Å²) in [5.41, 5.74) is 0.719. The van der Waals surface area contributed by atoms with Crippen LogP contribution in [0.2, 0.25) is 0 Å². The molecular weight excluding hydrogens is 444 g/mol. The molecule has 0 bridgehead atoms. The van der Waals surface area contributed by atoms with Crippen LogP contribution in [0.25, 0.3) is 0 Å². The molecule has 1 unspecified atom stereocenters. The highest BCUT2D eigenvalue weighted by Crippen LogP contribution is 2.40. The van der Waals surface area contributed by atoms with Crippen LogP contribution in [0.5, 0.6) is 0 Å². The lowest BCUT2D eigenvalue weighted by molar-refractivity contribution is -0.137. The fourth-order valence-electron chi connectivity index (χ4n) is 3.70. The van der Waals surface area contributed by atoms with Crippen LogP contribution in [0.15, 0.2) is 65.6 Å². The minimum absolute atomic E-state index is 0.0796. The highest BCUT2D eigenvalue weighted by molar-refractivity contribution is 7.84. The fourth-order valence-corrected chi connectivity index (χ4v) is 4.25. The van der Waals surface area contributed by atoms with Crippen LogP contribution in [0.1, 0.15) is 21.5 Å². The van der Waals surface area contributed by atoms with Crippen LogP contribution in [0.3, 0.4) is 0 Å². The molecule has 1 atom stereocenters. The summed E-state index contributed by atoms with van der Waals surface area (Å²) in [5, 5.41) is 0. The number of carbonyl (C=O) groups excluding carboxylic acids is 1. The summed E-state index contributed by atoms with van der Waals surface area (Å²) in [4.78, 5) is 16.7. The molecule has 1 heterocycles. The maximum atomic E-state index is 13.7. The second-order valence-corrected chi connectivity index (χ2v) is 8.79. The molecule has 3 aromatic rings. The van der Waals surface area contributed by atoms with Crippen LogP contribution >= 0.6 is 0 Å². The molecule has 0 radical (unpaired) electrons. The molecule has 4 nitrogen and oxygen atoms in total. The lowest BCUT2D eigenvalue weighted by Crippen LogP contribution is -2.45. The standard InChI is InChI=1S/C23H18F4N2O2S/c1-14-10-16(24)7-9-20(14)29-13-28(17-4-3-5-18(12-17)32(2)31)22(30)19-8-6-15(11-21(19)29)23(25,26)27/h3-12H,13H2,1-2H3. The zero-order chi connectivity index (χ0) is 23.2. The Hall–Kier alpha value is -3.20. The van der Waals surface area contributed by atoms with Gasteiger partial charge in [-0.25, -0.2) is 4.39 Å². The van der Waals surface area contributed by atoms with Crippen LogP contribution in [-0.4, -0.2) is 23.0 Å². The summed E-state index contributed by atoms with van der Waals surface area (Å²) in [6, 6.07) is 13.5. The van der Waals surface area contributed by atoms with Gasteiger partial charge in [0.1, 0.15) is 12.5 Å². The zero-order valence-electron chi connectivity index (χ0n) is 17.1. The fraction of sp³-hybridized carbons (Fsp3) is 0.174. The molecule has 0 fully saturated rings. The van der Waals surface area contributed by atoms with Crippen molar-refractivity contribution < 1.29 is 26.6 Å². The van der Waals surface area contributed by atoms with Crippen molar-refractivity contribution in [3.05, 3.63) is 83.2 Å². The van der Waals surface area contributed by atoms with Gasteiger partial charge >= 0.3 is 6.18 Å². The van der Waals surface area contributed by atoms with Crippen LogP contribution < -0.4 is 9.80 Å². The van der Waals surface area contributed by atoms with E-state index in [2.05, 4.69) is 0 Å². The van der Waals surface area contributed by atoms with E-state index in [0.29, 0.717) is 21.8 Å². The number of halogens is 4. The quantitative estimate of drug-likeness (QED) is 0.473. The number of carbonyl (C=O) groups is 1. The molecular formula is C23H18F4N2O2S. The first kappa shape index (κ1) is 22.0. The molecule has 0 saturated heterocycles. The Balaban J connectivity index is 1.90. The third-order valence-electron chi connectivity index (χ3n) is 5.29. The van der Waals surface area contributed by atoms with E-state index >= 15 is 0 Å². The van der Waals surface area contributed by atoms with Crippen molar-refractivity contribution in [3.8, 4) is 0 Å². The van der Waals surface area contributed by atoms with Gasteiger partial charge in [-0.15, -0.1) is 0 Å². The second kappa shape index (κ2) is 8.05. The number of fused-ring (bicyclic) bond motifs is 1. The lowest BCUT2D eigenvalue weighted by Gasteiger charge is -2.39. The van der Waals surface area contributed by atoms with Gasteiger partial charge in [0.2, 0.25) is 0 Å². The monoisotopic (exact) mass is 462 g/mol. The van der Waals surface area contributed by atoms with Gasteiger partial charge in [0.05, 0.1) is 16.8 Å². The number of anilines is 3. The molecule has 0 saturated carbocycles. The minimum Gasteiger partial charge on any atom is -0.322 e.